The van der Waals surface area contributed by atoms with Crippen molar-refractivity contribution in [2.24, 2.45) is 0 Å². The Morgan fingerprint density at radius 1 is 1.00 bits per heavy atom. The van der Waals surface area contributed by atoms with Crippen LogP contribution in [-0.4, -0.2) is 41.9 Å². The summed E-state index contributed by atoms with van der Waals surface area (Å²) in [6, 6.07) is 8.63. The Morgan fingerprint density at radius 2 is 1.28 bits per heavy atom. The molecule has 0 unspecified atom stereocenters. The van der Waals surface area contributed by atoms with Crippen LogP contribution in [0.5, 0.6) is 0 Å². The minimum Gasteiger partial charge on any atom is -0.412 e. The quantitative estimate of drug-likeness (QED) is 0.425. The van der Waals surface area contributed by atoms with Crippen LogP contribution in [0.1, 0.15) is 26.3 Å². The van der Waals surface area contributed by atoms with Crippen molar-refractivity contribution in [1.82, 2.24) is 0 Å². The van der Waals surface area contributed by atoms with E-state index in [1.54, 1.807) is 0 Å². The molecule has 0 amide bonds. The van der Waals surface area contributed by atoms with Crippen LogP contribution < -0.4 is 4.43 Å². The molecule has 1 aromatic carbocycles. The van der Waals surface area contributed by atoms with Gasteiger partial charge in [-0.3, -0.25) is 0 Å². The molecule has 7 N–H and O–H groups in total. The number of rotatable bonds is 0. The average Bonchev–Trinajstić information content (AvgIpc) is 1.99. The fraction of sp³-hybridized carbons (Fsp3) is 0.400. The Balaban J connectivity index is -0.000000282. The first kappa shape index (κ1) is 22.9. The molecule has 104 valence electrons. The standard InChI is InChI=1S/C10H13.Al.H3O4P.2H2O/c1-10(2,3)9-7-5-4-6-8-9;;1-5(2,3)4;;/h5-8H,1-3H3;;(H3,1,2,3,4);2*1H2. The van der Waals surface area contributed by atoms with Crippen LogP contribution in [0.15, 0.2) is 24.3 Å². The van der Waals surface area contributed by atoms with Gasteiger partial charge in [-0.25, -0.2) is 4.57 Å². The third-order valence-electron chi connectivity index (χ3n) is 1.78. The molecule has 0 aliphatic rings. The summed E-state index contributed by atoms with van der Waals surface area (Å²) in [5.74, 6) is 0. The number of hydrogen-bond donors (Lipinski definition) is 3. The van der Waals surface area contributed by atoms with E-state index in [9.17, 15) is 0 Å². The highest BCUT2D eigenvalue weighted by molar-refractivity contribution is 7.45. The highest BCUT2D eigenvalue weighted by Crippen LogP contribution is 2.25. The van der Waals surface area contributed by atoms with Crippen molar-refractivity contribution >= 4 is 28.5 Å². The molecule has 0 bridgehead atoms. The summed E-state index contributed by atoms with van der Waals surface area (Å²) in [5.41, 5.74) is 1.67. The van der Waals surface area contributed by atoms with Gasteiger partial charge in [0.2, 0.25) is 0 Å². The van der Waals surface area contributed by atoms with Crippen LogP contribution >= 0.6 is 7.82 Å². The van der Waals surface area contributed by atoms with Gasteiger partial charge in [0.1, 0.15) is 0 Å². The van der Waals surface area contributed by atoms with Gasteiger partial charge in [-0.1, -0.05) is 45.0 Å². The molecule has 0 saturated carbocycles. The van der Waals surface area contributed by atoms with Crippen LogP contribution in [0, 0.1) is 0 Å². The van der Waals surface area contributed by atoms with Gasteiger partial charge in [-0.05, 0) is 11.0 Å². The van der Waals surface area contributed by atoms with Gasteiger partial charge >= 0.3 is 7.82 Å². The van der Waals surface area contributed by atoms with Crippen molar-refractivity contribution in [3.63, 3.8) is 0 Å². The SMILES string of the molecule is CC(C)(C)c1cc[c]([Al])cc1.O.O.O=P(O)(O)O. The van der Waals surface area contributed by atoms with E-state index in [4.69, 9.17) is 19.2 Å². The van der Waals surface area contributed by atoms with Crippen molar-refractivity contribution in [2.45, 2.75) is 26.2 Å². The first-order chi connectivity index (χ1) is 7.00. The highest BCUT2D eigenvalue weighted by Gasteiger charge is 2.11. The topological polar surface area (TPSA) is 141 Å². The summed E-state index contributed by atoms with van der Waals surface area (Å²) in [6.07, 6.45) is 0. The largest absolute Gasteiger partial charge is 0.466 e. The van der Waals surface area contributed by atoms with Crippen LogP contribution in [0.25, 0.3) is 0 Å². The van der Waals surface area contributed by atoms with Crippen molar-refractivity contribution in [3.8, 4) is 0 Å². The molecule has 0 saturated heterocycles. The maximum atomic E-state index is 8.88. The van der Waals surface area contributed by atoms with E-state index in [-0.39, 0.29) is 16.4 Å². The normalized spacial score (nSPS) is 10.3. The molecule has 2 radical (unpaired) electrons. The summed E-state index contributed by atoms with van der Waals surface area (Å²) in [6.45, 7) is 6.68. The predicted octanol–water partition coefficient (Wildman–Crippen LogP) is -0.800. The lowest BCUT2D eigenvalue weighted by molar-refractivity contribution is 0.275. The molecular formula is C10H20AlO6P. The molecule has 1 rings (SSSR count). The van der Waals surface area contributed by atoms with Crippen molar-refractivity contribution < 1.29 is 30.2 Å². The van der Waals surface area contributed by atoms with Gasteiger partial charge in [0.15, 0.2) is 16.3 Å². The highest BCUT2D eigenvalue weighted by atomic mass is 31.2. The second-order valence-corrected chi connectivity index (χ2v) is 6.08. The van der Waals surface area contributed by atoms with Gasteiger partial charge in [0.05, 0.1) is 0 Å². The van der Waals surface area contributed by atoms with Crippen molar-refractivity contribution in [1.29, 1.82) is 0 Å². The second kappa shape index (κ2) is 8.81. The van der Waals surface area contributed by atoms with Crippen molar-refractivity contribution in [3.05, 3.63) is 29.8 Å². The molecule has 0 aromatic heterocycles. The minimum absolute atomic E-state index is 0. The number of benzene rings is 1. The zero-order valence-corrected chi connectivity index (χ0v) is 12.6. The minimum atomic E-state index is -4.64. The monoisotopic (exact) mass is 294 g/mol. The Labute approximate surface area is 115 Å². The molecule has 0 aliphatic heterocycles. The fourth-order valence-electron chi connectivity index (χ4n) is 0.983. The summed E-state index contributed by atoms with van der Waals surface area (Å²) in [4.78, 5) is 21.6. The molecule has 0 atom stereocenters. The van der Waals surface area contributed by atoms with Crippen LogP contribution in [-0.2, 0) is 9.98 Å². The van der Waals surface area contributed by atoms with Gasteiger partial charge in [-0.2, -0.15) is 0 Å². The van der Waals surface area contributed by atoms with E-state index in [0.717, 1.165) is 0 Å². The molecule has 0 fully saturated rings. The van der Waals surface area contributed by atoms with E-state index in [1.807, 2.05) is 0 Å². The maximum absolute atomic E-state index is 8.88. The molecule has 18 heavy (non-hydrogen) atoms. The maximum Gasteiger partial charge on any atom is 0.466 e. The van der Waals surface area contributed by atoms with E-state index in [0.29, 0.717) is 0 Å². The Morgan fingerprint density at radius 3 is 1.50 bits per heavy atom. The zero-order valence-electron chi connectivity index (χ0n) is 10.6. The van der Waals surface area contributed by atoms with Gasteiger partial charge in [0, 0.05) is 0 Å². The Hall–Kier alpha value is -0.218. The Kier molecular flexibility index (Phi) is 11.2. The lowest BCUT2D eigenvalue weighted by Crippen LogP contribution is -2.12. The molecular weight excluding hydrogens is 274 g/mol. The van der Waals surface area contributed by atoms with E-state index in [1.165, 1.54) is 9.99 Å². The predicted molar refractivity (Wildman–Crippen MR) is 72.0 cm³/mol. The molecule has 6 nitrogen and oxygen atoms in total. The molecule has 8 heteroatoms. The van der Waals surface area contributed by atoms with Crippen LogP contribution in [0.2, 0.25) is 0 Å². The van der Waals surface area contributed by atoms with E-state index >= 15 is 0 Å². The lowest BCUT2D eigenvalue weighted by Gasteiger charge is -2.18. The molecule has 0 heterocycles. The van der Waals surface area contributed by atoms with Gasteiger partial charge < -0.3 is 25.6 Å². The second-order valence-electron chi connectivity index (χ2n) is 4.39. The van der Waals surface area contributed by atoms with E-state index < -0.39 is 7.82 Å². The van der Waals surface area contributed by atoms with Crippen LogP contribution in [0.4, 0.5) is 0 Å². The van der Waals surface area contributed by atoms with Crippen LogP contribution in [0.3, 0.4) is 0 Å². The molecule has 0 aliphatic carbocycles. The number of hydrogen-bond acceptors (Lipinski definition) is 1. The first-order valence-corrected chi connectivity index (χ1v) is 6.79. The zero-order chi connectivity index (χ0) is 13.0. The lowest BCUT2D eigenvalue weighted by atomic mass is 9.87. The third-order valence-corrected chi connectivity index (χ3v) is 2.16. The number of phosphoric acid groups is 1. The summed E-state index contributed by atoms with van der Waals surface area (Å²) < 4.78 is 10.1. The average molecular weight is 294 g/mol. The summed E-state index contributed by atoms with van der Waals surface area (Å²) in [7, 11) is -4.64. The van der Waals surface area contributed by atoms with E-state index in [2.05, 4.69) is 61.3 Å². The summed E-state index contributed by atoms with van der Waals surface area (Å²) >= 11 is 2.69. The summed E-state index contributed by atoms with van der Waals surface area (Å²) in [5, 5.41) is 0. The van der Waals surface area contributed by atoms with Crippen molar-refractivity contribution in [2.75, 3.05) is 0 Å². The van der Waals surface area contributed by atoms with Gasteiger partial charge in [-0.15, -0.1) is 4.43 Å². The smallest absolute Gasteiger partial charge is 0.412 e. The Bertz CT molecular complexity index is 359. The molecule has 0 spiro atoms. The third kappa shape index (κ3) is 13.8. The first-order valence-electron chi connectivity index (χ1n) is 4.64. The van der Waals surface area contributed by atoms with Gasteiger partial charge in [0.25, 0.3) is 0 Å². The molecule has 1 aromatic rings. The fourth-order valence-corrected chi connectivity index (χ4v) is 1.18.